The Hall–Kier alpha value is -1.82. The minimum absolute atomic E-state index is 0.0275. The number of carboxylic acids is 1. The molecule has 6 heteroatoms. The van der Waals surface area contributed by atoms with Crippen molar-refractivity contribution in [3.05, 3.63) is 23.7 Å². The Morgan fingerprint density at radius 3 is 2.56 bits per heavy atom. The minimum Gasteiger partial charge on any atom is -0.478 e. The van der Waals surface area contributed by atoms with Crippen molar-refractivity contribution < 1.29 is 19.1 Å². The molecule has 0 saturated heterocycles. The summed E-state index contributed by atoms with van der Waals surface area (Å²) in [5.41, 5.74) is 0.144. The van der Waals surface area contributed by atoms with Crippen LogP contribution in [0.5, 0.6) is 0 Å². The number of carbonyl (C=O) groups excluding carboxylic acids is 1. The maximum Gasteiger partial charge on any atom is 0.339 e. The molecule has 0 unspecified atom stereocenters. The van der Waals surface area contributed by atoms with Crippen LogP contribution < -0.4 is 0 Å². The van der Waals surface area contributed by atoms with Gasteiger partial charge in [-0.05, 0) is 12.6 Å². The molecule has 100 valence electrons. The molecular weight excluding hydrogens is 236 g/mol. The Bertz CT molecular complexity index is 425. The van der Waals surface area contributed by atoms with Gasteiger partial charge < -0.3 is 14.4 Å². The van der Waals surface area contributed by atoms with Crippen molar-refractivity contribution in [3.63, 3.8) is 0 Å². The Labute approximate surface area is 106 Å². The quantitative estimate of drug-likeness (QED) is 0.816. The standard InChI is InChI=1S/C12H18N2O4/c1-4-14(8-11(15)13(2)3)7-10-9(12(16)17)5-6-18-10/h5-6H,4,7-8H2,1-3H3,(H,16,17). The molecule has 1 aromatic heterocycles. The van der Waals surface area contributed by atoms with E-state index in [0.717, 1.165) is 0 Å². The zero-order chi connectivity index (χ0) is 13.7. The van der Waals surface area contributed by atoms with E-state index in [1.54, 1.807) is 14.1 Å². The number of nitrogens with zero attached hydrogens (tertiary/aromatic N) is 2. The SMILES string of the molecule is CCN(CC(=O)N(C)C)Cc1occc1C(=O)O. The summed E-state index contributed by atoms with van der Waals surface area (Å²) in [7, 11) is 3.37. The lowest BCUT2D eigenvalue weighted by Gasteiger charge is -2.21. The van der Waals surface area contributed by atoms with Crippen LogP contribution in [0.2, 0.25) is 0 Å². The first-order chi connectivity index (χ1) is 8.45. The van der Waals surface area contributed by atoms with Crippen molar-refractivity contribution in [3.8, 4) is 0 Å². The van der Waals surface area contributed by atoms with E-state index in [4.69, 9.17) is 9.52 Å². The van der Waals surface area contributed by atoms with Gasteiger partial charge in [0.05, 0.1) is 19.4 Å². The van der Waals surface area contributed by atoms with Gasteiger partial charge in [0, 0.05) is 14.1 Å². The minimum atomic E-state index is -1.02. The predicted octanol–water partition coefficient (Wildman–Crippen LogP) is 0.888. The average Bonchev–Trinajstić information content (AvgIpc) is 2.75. The van der Waals surface area contributed by atoms with Gasteiger partial charge in [0.1, 0.15) is 11.3 Å². The van der Waals surface area contributed by atoms with Crippen LogP contribution in [-0.4, -0.2) is 54.0 Å². The summed E-state index contributed by atoms with van der Waals surface area (Å²) in [6.07, 6.45) is 1.35. The molecular formula is C12H18N2O4. The van der Waals surface area contributed by atoms with E-state index >= 15 is 0 Å². The average molecular weight is 254 g/mol. The molecule has 1 heterocycles. The number of hydrogen-bond acceptors (Lipinski definition) is 4. The van der Waals surface area contributed by atoms with Gasteiger partial charge in [0.25, 0.3) is 0 Å². The van der Waals surface area contributed by atoms with Gasteiger partial charge in [-0.3, -0.25) is 9.69 Å². The van der Waals surface area contributed by atoms with Gasteiger partial charge in [0.15, 0.2) is 0 Å². The van der Waals surface area contributed by atoms with Gasteiger partial charge in [-0.15, -0.1) is 0 Å². The first-order valence-electron chi connectivity index (χ1n) is 5.67. The number of rotatable bonds is 6. The molecule has 0 atom stereocenters. The molecule has 0 spiro atoms. The van der Waals surface area contributed by atoms with E-state index < -0.39 is 5.97 Å². The first kappa shape index (κ1) is 14.2. The predicted molar refractivity (Wildman–Crippen MR) is 65.3 cm³/mol. The highest BCUT2D eigenvalue weighted by atomic mass is 16.4. The summed E-state index contributed by atoms with van der Waals surface area (Å²) >= 11 is 0. The molecule has 1 amide bonds. The van der Waals surface area contributed by atoms with Crippen molar-refractivity contribution in [1.29, 1.82) is 0 Å². The summed E-state index contributed by atoms with van der Waals surface area (Å²) in [5, 5.41) is 8.96. The van der Waals surface area contributed by atoms with Gasteiger partial charge in [-0.25, -0.2) is 4.79 Å². The second-order valence-electron chi connectivity index (χ2n) is 4.15. The zero-order valence-corrected chi connectivity index (χ0v) is 10.8. The van der Waals surface area contributed by atoms with Gasteiger partial charge in [-0.2, -0.15) is 0 Å². The maximum atomic E-state index is 11.6. The fraction of sp³-hybridized carbons (Fsp3) is 0.500. The highest BCUT2D eigenvalue weighted by molar-refractivity contribution is 5.88. The van der Waals surface area contributed by atoms with Crippen molar-refractivity contribution in [2.24, 2.45) is 0 Å². The Morgan fingerprint density at radius 2 is 2.06 bits per heavy atom. The van der Waals surface area contributed by atoms with Gasteiger partial charge in [0.2, 0.25) is 5.91 Å². The van der Waals surface area contributed by atoms with E-state index in [9.17, 15) is 9.59 Å². The molecule has 0 aliphatic carbocycles. The number of aromatic carboxylic acids is 1. The normalized spacial score (nSPS) is 10.7. The number of hydrogen-bond donors (Lipinski definition) is 1. The Morgan fingerprint density at radius 1 is 1.39 bits per heavy atom. The Kier molecular flexibility index (Phi) is 4.91. The molecule has 1 aromatic rings. The van der Waals surface area contributed by atoms with Crippen LogP contribution >= 0.6 is 0 Å². The maximum absolute atomic E-state index is 11.6. The molecule has 0 saturated carbocycles. The van der Waals surface area contributed by atoms with Crippen LogP contribution in [0.1, 0.15) is 23.0 Å². The molecule has 1 rings (SSSR count). The summed E-state index contributed by atoms with van der Waals surface area (Å²) in [6.45, 7) is 3.10. The Balaban J connectivity index is 2.71. The van der Waals surface area contributed by atoms with Crippen LogP contribution in [0.3, 0.4) is 0 Å². The number of furan rings is 1. The van der Waals surface area contributed by atoms with E-state index in [1.165, 1.54) is 17.2 Å². The number of carboxylic acid groups (broad SMARTS) is 1. The summed E-state index contributed by atoms with van der Waals surface area (Å²) in [5.74, 6) is -0.676. The van der Waals surface area contributed by atoms with E-state index in [1.807, 2.05) is 11.8 Å². The summed E-state index contributed by atoms with van der Waals surface area (Å²) < 4.78 is 5.15. The first-order valence-corrected chi connectivity index (χ1v) is 5.67. The number of amides is 1. The molecule has 0 aliphatic rings. The smallest absolute Gasteiger partial charge is 0.339 e. The second-order valence-corrected chi connectivity index (χ2v) is 4.15. The van der Waals surface area contributed by atoms with Crippen molar-refractivity contribution in [2.75, 3.05) is 27.2 Å². The fourth-order valence-electron chi connectivity index (χ4n) is 1.47. The van der Waals surface area contributed by atoms with Crippen LogP contribution in [0.25, 0.3) is 0 Å². The zero-order valence-electron chi connectivity index (χ0n) is 10.8. The molecule has 1 N–H and O–H groups in total. The summed E-state index contributed by atoms with van der Waals surface area (Å²) in [6, 6.07) is 1.42. The van der Waals surface area contributed by atoms with Crippen LogP contribution in [0.15, 0.2) is 16.7 Å². The highest BCUT2D eigenvalue weighted by Gasteiger charge is 2.18. The lowest BCUT2D eigenvalue weighted by atomic mass is 10.2. The number of carbonyl (C=O) groups is 2. The largest absolute Gasteiger partial charge is 0.478 e. The molecule has 0 aliphatic heterocycles. The molecule has 0 aromatic carbocycles. The number of likely N-dealkylation sites (N-methyl/N-ethyl adjacent to an activating group) is 2. The van der Waals surface area contributed by atoms with E-state index in [0.29, 0.717) is 18.8 Å². The molecule has 0 bridgehead atoms. The second kappa shape index (κ2) is 6.20. The van der Waals surface area contributed by atoms with Crippen molar-refractivity contribution >= 4 is 11.9 Å². The summed E-state index contributed by atoms with van der Waals surface area (Å²) in [4.78, 5) is 25.9. The fourth-order valence-corrected chi connectivity index (χ4v) is 1.47. The lowest BCUT2D eigenvalue weighted by Crippen LogP contribution is -2.36. The van der Waals surface area contributed by atoms with Gasteiger partial charge >= 0.3 is 5.97 Å². The van der Waals surface area contributed by atoms with Crippen molar-refractivity contribution in [1.82, 2.24) is 9.80 Å². The van der Waals surface area contributed by atoms with Crippen LogP contribution in [-0.2, 0) is 11.3 Å². The van der Waals surface area contributed by atoms with Crippen LogP contribution in [0.4, 0.5) is 0 Å². The third kappa shape index (κ3) is 3.59. The lowest BCUT2D eigenvalue weighted by molar-refractivity contribution is -0.130. The van der Waals surface area contributed by atoms with E-state index in [-0.39, 0.29) is 18.0 Å². The van der Waals surface area contributed by atoms with Crippen LogP contribution in [0, 0.1) is 0 Å². The monoisotopic (exact) mass is 254 g/mol. The third-order valence-electron chi connectivity index (χ3n) is 2.65. The molecule has 0 fully saturated rings. The van der Waals surface area contributed by atoms with Crippen molar-refractivity contribution in [2.45, 2.75) is 13.5 Å². The molecule has 18 heavy (non-hydrogen) atoms. The third-order valence-corrected chi connectivity index (χ3v) is 2.65. The molecule has 0 radical (unpaired) electrons. The highest BCUT2D eigenvalue weighted by Crippen LogP contribution is 2.13. The van der Waals surface area contributed by atoms with Gasteiger partial charge in [-0.1, -0.05) is 6.92 Å². The molecule has 6 nitrogen and oxygen atoms in total. The topological polar surface area (TPSA) is 74.0 Å². The van der Waals surface area contributed by atoms with E-state index in [2.05, 4.69) is 0 Å².